The molecule has 3 aromatic rings. The SMILES string of the molecule is Cc1cc(=O)n(CC(=O)Nc2cnc3ccccc3c2)cn1. The predicted octanol–water partition coefficient (Wildman–Crippen LogP) is 1.74. The van der Waals surface area contributed by atoms with Gasteiger partial charge in [-0.3, -0.25) is 19.1 Å². The molecule has 0 saturated heterocycles. The van der Waals surface area contributed by atoms with E-state index in [-0.39, 0.29) is 18.0 Å². The number of pyridine rings is 1. The molecule has 0 bridgehead atoms. The van der Waals surface area contributed by atoms with Crippen molar-refractivity contribution in [1.82, 2.24) is 14.5 Å². The minimum atomic E-state index is -0.301. The highest BCUT2D eigenvalue weighted by molar-refractivity contribution is 5.92. The Hall–Kier alpha value is -3.02. The van der Waals surface area contributed by atoms with Crippen LogP contribution in [0.15, 0.2) is 53.7 Å². The van der Waals surface area contributed by atoms with Crippen molar-refractivity contribution in [3.63, 3.8) is 0 Å². The van der Waals surface area contributed by atoms with Crippen molar-refractivity contribution < 1.29 is 4.79 Å². The number of amides is 1. The van der Waals surface area contributed by atoms with Gasteiger partial charge in [0, 0.05) is 17.1 Å². The molecule has 0 fully saturated rings. The van der Waals surface area contributed by atoms with Crippen LogP contribution in [0.1, 0.15) is 5.69 Å². The fraction of sp³-hybridized carbons (Fsp3) is 0.125. The number of rotatable bonds is 3. The summed E-state index contributed by atoms with van der Waals surface area (Å²) in [5, 5.41) is 3.67. The number of hydrogen-bond donors (Lipinski definition) is 1. The van der Waals surface area contributed by atoms with E-state index in [0.29, 0.717) is 11.4 Å². The van der Waals surface area contributed by atoms with Gasteiger partial charge in [0.1, 0.15) is 6.54 Å². The standard InChI is InChI=1S/C16H14N4O2/c1-11-6-16(22)20(10-18-11)9-15(21)19-13-7-12-4-2-3-5-14(12)17-8-13/h2-8,10H,9H2,1H3,(H,19,21). The second kappa shape index (κ2) is 5.77. The number of benzene rings is 1. The Bertz CT molecular complexity index is 902. The summed E-state index contributed by atoms with van der Waals surface area (Å²) in [5.41, 5.74) is 1.83. The molecule has 0 aliphatic carbocycles. The Morgan fingerprint density at radius 2 is 2.05 bits per heavy atom. The lowest BCUT2D eigenvalue weighted by Crippen LogP contribution is -2.27. The Balaban J connectivity index is 1.76. The van der Waals surface area contributed by atoms with E-state index in [1.165, 1.54) is 17.0 Å². The van der Waals surface area contributed by atoms with E-state index < -0.39 is 0 Å². The van der Waals surface area contributed by atoms with E-state index in [1.807, 2.05) is 30.3 Å². The van der Waals surface area contributed by atoms with Crippen LogP contribution in [-0.4, -0.2) is 20.4 Å². The molecule has 22 heavy (non-hydrogen) atoms. The lowest BCUT2D eigenvalue weighted by Gasteiger charge is -2.07. The average Bonchev–Trinajstić information content (AvgIpc) is 2.50. The molecule has 0 atom stereocenters. The van der Waals surface area contributed by atoms with Crippen molar-refractivity contribution in [2.24, 2.45) is 0 Å². The molecule has 0 aliphatic heterocycles. The van der Waals surface area contributed by atoms with Gasteiger partial charge < -0.3 is 5.32 Å². The van der Waals surface area contributed by atoms with Crippen molar-refractivity contribution in [3.05, 3.63) is 65.0 Å². The molecule has 1 aromatic carbocycles. The third kappa shape index (κ3) is 3.01. The highest BCUT2D eigenvalue weighted by Gasteiger charge is 2.06. The van der Waals surface area contributed by atoms with Crippen LogP contribution in [0.4, 0.5) is 5.69 Å². The third-order valence-corrected chi connectivity index (χ3v) is 3.20. The van der Waals surface area contributed by atoms with Crippen molar-refractivity contribution >= 4 is 22.5 Å². The first-order valence-electron chi connectivity index (χ1n) is 6.79. The number of carbonyl (C=O) groups excluding carboxylic acids is 1. The maximum atomic E-state index is 12.0. The number of nitrogens with one attached hydrogen (secondary N) is 1. The zero-order valence-electron chi connectivity index (χ0n) is 12.0. The Kier molecular flexibility index (Phi) is 3.65. The summed E-state index contributed by atoms with van der Waals surface area (Å²) in [6.07, 6.45) is 2.96. The van der Waals surface area contributed by atoms with Crippen LogP contribution < -0.4 is 10.9 Å². The molecule has 6 nitrogen and oxygen atoms in total. The van der Waals surface area contributed by atoms with Crippen molar-refractivity contribution in [2.75, 3.05) is 5.32 Å². The molecular weight excluding hydrogens is 280 g/mol. The number of para-hydroxylation sites is 1. The summed E-state index contributed by atoms with van der Waals surface area (Å²) in [4.78, 5) is 32.0. The van der Waals surface area contributed by atoms with Crippen LogP contribution >= 0.6 is 0 Å². The number of aromatic nitrogens is 3. The van der Waals surface area contributed by atoms with E-state index in [2.05, 4.69) is 15.3 Å². The van der Waals surface area contributed by atoms with Gasteiger partial charge >= 0.3 is 0 Å². The number of nitrogens with zero attached hydrogens (tertiary/aromatic N) is 3. The normalized spacial score (nSPS) is 10.6. The first kappa shape index (κ1) is 13.9. The van der Waals surface area contributed by atoms with Gasteiger partial charge in [0.15, 0.2) is 0 Å². The second-order valence-electron chi connectivity index (χ2n) is 4.96. The Labute approximate surface area is 126 Å². The van der Waals surface area contributed by atoms with E-state index in [4.69, 9.17) is 0 Å². The largest absolute Gasteiger partial charge is 0.323 e. The highest BCUT2D eigenvalue weighted by Crippen LogP contribution is 2.15. The molecule has 0 spiro atoms. The van der Waals surface area contributed by atoms with Gasteiger partial charge in [-0.05, 0) is 19.1 Å². The second-order valence-corrected chi connectivity index (χ2v) is 4.96. The molecule has 1 amide bonds. The molecule has 6 heteroatoms. The average molecular weight is 294 g/mol. The molecule has 0 radical (unpaired) electrons. The fourth-order valence-corrected chi connectivity index (χ4v) is 2.13. The van der Waals surface area contributed by atoms with Crippen LogP contribution in [0, 0.1) is 6.92 Å². The topological polar surface area (TPSA) is 76.9 Å². The van der Waals surface area contributed by atoms with Gasteiger partial charge in [-0.25, -0.2) is 4.98 Å². The molecule has 0 aliphatic rings. The summed E-state index contributed by atoms with van der Waals surface area (Å²) in [6, 6.07) is 10.9. The lowest BCUT2D eigenvalue weighted by molar-refractivity contribution is -0.116. The molecular formula is C16H14N4O2. The molecule has 3 rings (SSSR count). The number of aryl methyl sites for hydroxylation is 1. The van der Waals surface area contributed by atoms with Gasteiger partial charge in [0.25, 0.3) is 5.56 Å². The lowest BCUT2D eigenvalue weighted by atomic mass is 10.2. The van der Waals surface area contributed by atoms with Gasteiger partial charge in [-0.1, -0.05) is 18.2 Å². The summed E-state index contributed by atoms with van der Waals surface area (Å²) in [5.74, 6) is -0.301. The minimum Gasteiger partial charge on any atom is -0.323 e. The van der Waals surface area contributed by atoms with E-state index >= 15 is 0 Å². The number of hydrogen-bond acceptors (Lipinski definition) is 4. The van der Waals surface area contributed by atoms with Crippen molar-refractivity contribution in [3.8, 4) is 0 Å². The monoisotopic (exact) mass is 294 g/mol. The number of anilines is 1. The summed E-state index contributed by atoms with van der Waals surface area (Å²) in [6.45, 7) is 1.64. The molecule has 0 saturated carbocycles. The number of carbonyl (C=O) groups is 1. The molecule has 1 N–H and O–H groups in total. The van der Waals surface area contributed by atoms with E-state index in [1.54, 1.807) is 13.1 Å². The van der Waals surface area contributed by atoms with Crippen LogP contribution in [0.2, 0.25) is 0 Å². The first-order valence-corrected chi connectivity index (χ1v) is 6.79. The smallest absolute Gasteiger partial charge is 0.253 e. The predicted molar refractivity (Wildman–Crippen MR) is 83.6 cm³/mol. The van der Waals surface area contributed by atoms with Crippen LogP contribution in [0.3, 0.4) is 0 Å². The summed E-state index contributed by atoms with van der Waals surface area (Å²) >= 11 is 0. The molecule has 0 unspecified atom stereocenters. The van der Waals surface area contributed by atoms with Gasteiger partial charge in [0.05, 0.1) is 23.7 Å². The van der Waals surface area contributed by atoms with Gasteiger partial charge in [-0.2, -0.15) is 0 Å². The fourth-order valence-electron chi connectivity index (χ4n) is 2.13. The van der Waals surface area contributed by atoms with Crippen LogP contribution in [-0.2, 0) is 11.3 Å². The van der Waals surface area contributed by atoms with E-state index in [0.717, 1.165) is 10.9 Å². The summed E-state index contributed by atoms with van der Waals surface area (Å²) in [7, 11) is 0. The van der Waals surface area contributed by atoms with E-state index in [9.17, 15) is 9.59 Å². The van der Waals surface area contributed by atoms with Crippen LogP contribution in [0.5, 0.6) is 0 Å². The number of fused-ring (bicyclic) bond motifs is 1. The maximum Gasteiger partial charge on any atom is 0.253 e. The maximum absolute atomic E-state index is 12.0. The quantitative estimate of drug-likeness (QED) is 0.798. The zero-order valence-corrected chi connectivity index (χ0v) is 12.0. The van der Waals surface area contributed by atoms with Crippen molar-refractivity contribution in [2.45, 2.75) is 13.5 Å². The van der Waals surface area contributed by atoms with Gasteiger partial charge in [0.2, 0.25) is 5.91 Å². The molecule has 2 heterocycles. The first-order chi connectivity index (χ1) is 10.6. The Morgan fingerprint density at radius 1 is 1.23 bits per heavy atom. The van der Waals surface area contributed by atoms with Gasteiger partial charge in [-0.15, -0.1) is 0 Å². The van der Waals surface area contributed by atoms with Crippen molar-refractivity contribution in [1.29, 1.82) is 0 Å². The molecule has 2 aromatic heterocycles. The highest BCUT2D eigenvalue weighted by atomic mass is 16.2. The molecule has 110 valence electrons. The van der Waals surface area contributed by atoms with Crippen LogP contribution in [0.25, 0.3) is 10.9 Å². The summed E-state index contributed by atoms with van der Waals surface area (Å²) < 4.78 is 1.26. The zero-order chi connectivity index (χ0) is 15.5. The Morgan fingerprint density at radius 3 is 2.86 bits per heavy atom. The minimum absolute atomic E-state index is 0.0844. The third-order valence-electron chi connectivity index (χ3n) is 3.20.